The van der Waals surface area contributed by atoms with Crippen molar-refractivity contribution in [1.82, 2.24) is 0 Å². The standard InChI is InChI=1S/C35H76N2/c1-7-9-11-13-15-17-19-21-23-25-27-29-31-33-36(3,4)35-37(5,6)34-32-30-28-26-24-22-20-18-16-14-12-10-8-2/h7-35H2,1-6H3/q+2. The molecule has 0 spiro atoms. The molecular weight excluding hydrogens is 448 g/mol. The molecule has 0 unspecified atom stereocenters. The summed E-state index contributed by atoms with van der Waals surface area (Å²) in [6.45, 7) is 8.58. The van der Waals surface area contributed by atoms with Crippen LogP contribution in [0.5, 0.6) is 0 Å². The van der Waals surface area contributed by atoms with Crippen LogP contribution in [0.1, 0.15) is 181 Å². The Morgan fingerprint density at radius 2 is 0.459 bits per heavy atom. The van der Waals surface area contributed by atoms with E-state index in [2.05, 4.69) is 42.0 Å². The van der Waals surface area contributed by atoms with E-state index < -0.39 is 0 Å². The number of rotatable bonds is 30. The first-order valence-corrected chi connectivity index (χ1v) is 17.5. The Bertz CT molecular complexity index is 403. The molecule has 0 aromatic carbocycles. The number of hydrogen-bond acceptors (Lipinski definition) is 0. The fourth-order valence-electron chi connectivity index (χ4n) is 6.29. The Balaban J connectivity index is 3.57. The van der Waals surface area contributed by atoms with Gasteiger partial charge in [0.05, 0.1) is 41.3 Å². The second-order valence-electron chi connectivity index (χ2n) is 13.9. The van der Waals surface area contributed by atoms with Gasteiger partial charge in [0.25, 0.3) is 0 Å². The average Bonchev–Trinajstić information content (AvgIpc) is 2.84. The van der Waals surface area contributed by atoms with Gasteiger partial charge in [-0.05, 0) is 25.7 Å². The summed E-state index contributed by atoms with van der Waals surface area (Å²) in [5, 5.41) is 0. The first kappa shape index (κ1) is 36.9. The van der Waals surface area contributed by atoms with Crippen LogP contribution in [-0.4, -0.2) is 56.9 Å². The van der Waals surface area contributed by atoms with E-state index in [-0.39, 0.29) is 0 Å². The Kier molecular flexibility index (Phi) is 26.1. The summed E-state index contributed by atoms with van der Waals surface area (Å²) in [5.74, 6) is 0. The highest BCUT2D eigenvalue weighted by Gasteiger charge is 2.26. The summed E-state index contributed by atoms with van der Waals surface area (Å²) in [6.07, 6.45) is 37.7. The summed E-state index contributed by atoms with van der Waals surface area (Å²) >= 11 is 0. The van der Waals surface area contributed by atoms with E-state index in [0.717, 1.165) is 0 Å². The lowest BCUT2D eigenvalue weighted by atomic mass is 10.0. The summed E-state index contributed by atoms with van der Waals surface area (Å²) < 4.78 is 2.37. The van der Waals surface area contributed by atoms with Crippen LogP contribution in [0.15, 0.2) is 0 Å². The van der Waals surface area contributed by atoms with Crippen LogP contribution in [0.4, 0.5) is 0 Å². The van der Waals surface area contributed by atoms with Crippen molar-refractivity contribution in [1.29, 1.82) is 0 Å². The molecule has 0 aliphatic rings. The van der Waals surface area contributed by atoms with Crippen molar-refractivity contribution in [2.45, 2.75) is 181 Å². The predicted molar refractivity (Wildman–Crippen MR) is 170 cm³/mol. The van der Waals surface area contributed by atoms with Gasteiger partial charge in [0.2, 0.25) is 6.67 Å². The minimum atomic E-state index is 1.18. The highest BCUT2D eigenvalue weighted by molar-refractivity contribution is 4.50. The second-order valence-corrected chi connectivity index (χ2v) is 13.9. The second kappa shape index (κ2) is 26.2. The first-order valence-electron chi connectivity index (χ1n) is 17.5. The lowest BCUT2D eigenvalue weighted by Gasteiger charge is -2.39. The van der Waals surface area contributed by atoms with Gasteiger partial charge in [0.15, 0.2) is 0 Å². The minimum Gasteiger partial charge on any atom is -0.282 e. The molecule has 0 aliphatic heterocycles. The molecular formula is C35H76N2+2. The quantitative estimate of drug-likeness (QED) is 0.0498. The van der Waals surface area contributed by atoms with Gasteiger partial charge < -0.3 is 0 Å². The molecule has 0 N–H and O–H groups in total. The Hall–Kier alpha value is -0.0800. The van der Waals surface area contributed by atoms with Crippen LogP contribution >= 0.6 is 0 Å². The summed E-state index contributed by atoms with van der Waals surface area (Å²) in [6, 6.07) is 0. The Labute approximate surface area is 237 Å². The molecule has 0 aromatic rings. The molecule has 2 heteroatoms. The van der Waals surface area contributed by atoms with Crippen LogP contribution in [0.2, 0.25) is 0 Å². The number of unbranched alkanes of at least 4 members (excludes halogenated alkanes) is 24. The van der Waals surface area contributed by atoms with E-state index in [0.29, 0.717) is 0 Å². The van der Waals surface area contributed by atoms with E-state index >= 15 is 0 Å². The van der Waals surface area contributed by atoms with E-state index in [1.54, 1.807) is 0 Å². The molecule has 0 amide bonds. The third kappa shape index (κ3) is 28.7. The maximum Gasteiger partial charge on any atom is 0.206 e. The van der Waals surface area contributed by atoms with E-state index in [4.69, 9.17) is 0 Å². The first-order chi connectivity index (χ1) is 17.8. The Morgan fingerprint density at radius 3 is 0.676 bits per heavy atom. The van der Waals surface area contributed by atoms with Crippen LogP contribution in [0, 0.1) is 0 Å². The van der Waals surface area contributed by atoms with E-state index in [1.807, 2.05) is 0 Å². The lowest BCUT2D eigenvalue weighted by Crippen LogP contribution is -2.56. The van der Waals surface area contributed by atoms with E-state index in [9.17, 15) is 0 Å². The van der Waals surface area contributed by atoms with Crippen LogP contribution < -0.4 is 0 Å². The molecule has 0 bridgehead atoms. The van der Waals surface area contributed by atoms with Crippen molar-refractivity contribution in [3.8, 4) is 0 Å². The van der Waals surface area contributed by atoms with Gasteiger partial charge >= 0.3 is 0 Å². The largest absolute Gasteiger partial charge is 0.282 e. The van der Waals surface area contributed by atoms with Crippen LogP contribution in [0.25, 0.3) is 0 Å². The molecule has 0 fully saturated rings. The molecule has 0 radical (unpaired) electrons. The molecule has 0 aliphatic carbocycles. The fourth-order valence-corrected chi connectivity index (χ4v) is 6.29. The molecule has 0 saturated heterocycles. The molecule has 0 heterocycles. The van der Waals surface area contributed by atoms with Crippen molar-refractivity contribution in [2.24, 2.45) is 0 Å². The third-order valence-electron chi connectivity index (χ3n) is 8.50. The highest BCUT2D eigenvalue weighted by atomic mass is 15.5. The van der Waals surface area contributed by atoms with Crippen molar-refractivity contribution < 1.29 is 8.97 Å². The van der Waals surface area contributed by atoms with Crippen LogP contribution in [-0.2, 0) is 0 Å². The summed E-state index contributed by atoms with van der Waals surface area (Å²) in [4.78, 5) is 0. The van der Waals surface area contributed by atoms with Gasteiger partial charge in [-0.3, -0.25) is 8.97 Å². The van der Waals surface area contributed by atoms with Gasteiger partial charge in [-0.1, -0.05) is 155 Å². The molecule has 0 saturated carbocycles. The van der Waals surface area contributed by atoms with Crippen molar-refractivity contribution >= 4 is 0 Å². The minimum absolute atomic E-state index is 1.18. The van der Waals surface area contributed by atoms with Gasteiger partial charge in [-0.2, -0.15) is 0 Å². The summed E-state index contributed by atoms with van der Waals surface area (Å²) in [5.41, 5.74) is 0. The zero-order chi connectivity index (χ0) is 27.5. The Morgan fingerprint density at radius 1 is 0.270 bits per heavy atom. The molecule has 0 rings (SSSR count). The highest BCUT2D eigenvalue weighted by Crippen LogP contribution is 2.16. The van der Waals surface area contributed by atoms with E-state index in [1.165, 1.54) is 196 Å². The fraction of sp³-hybridized carbons (Fsp3) is 1.00. The molecule has 224 valence electrons. The maximum absolute atomic E-state index is 2.46. The van der Waals surface area contributed by atoms with Crippen molar-refractivity contribution in [3.63, 3.8) is 0 Å². The molecule has 2 nitrogen and oxygen atoms in total. The maximum atomic E-state index is 2.46. The van der Waals surface area contributed by atoms with Crippen LogP contribution in [0.3, 0.4) is 0 Å². The number of hydrogen-bond donors (Lipinski definition) is 0. The van der Waals surface area contributed by atoms with Gasteiger partial charge in [-0.15, -0.1) is 0 Å². The predicted octanol–water partition coefficient (Wildman–Crippen LogP) is 11.3. The van der Waals surface area contributed by atoms with Gasteiger partial charge in [0.1, 0.15) is 0 Å². The lowest BCUT2D eigenvalue weighted by molar-refractivity contribution is -1.07. The SMILES string of the molecule is CCCCCCCCCCCCCCC[N+](C)(C)C[N+](C)(C)CCCCCCCCCCCCCCC. The zero-order valence-electron chi connectivity index (χ0n) is 27.4. The van der Waals surface area contributed by atoms with Gasteiger partial charge in [0, 0.05) is 0 Å². The molecule has 0 aromatic heterocycles. The normalized spacial score (nSPS) is 12.5. The molecule has 0 atom stereocenters. The number of nitrogens with zero attached hydrogens (tertiary/aromatic N) is 2. The number of quaternary nitrogens is 2. The monoisotopic (exact) mass is 525 g/mol. The topological polar surface area (TPSA) is 0 Å². The molecule has 37 heavy (non-hydrogen) atoms. The summed E-state index contributed by atoms with van der Waals surface area (Å²) in [7, 11) is 9.85. The average molecular weight is 525 g/mol. The zero-order valence-corrected chi connectivity index (χ0v) is 27.4. The van der Waals surface area contributed by atoms with Gasteiger partial charge in [-0.25, -0.2) is 0 Å². The smallest absolute Gasteiger partial charge is 0.206 e. The van der Waals surface area contributed by atoms with Crippen molar-refractivity contribution in [2.75, 3.05) is 47.9 Å². The van der Waals surface area contributed by atoms with Crippen molar-refractivity contribution in [3.05, 3.63) is 0 Å². The third-order valence-corrected chi connectivity index (χ3v) is 8.50.